The molecule has 0 N–H and O–H groups in total. The Balaban J connectivity index is 1.79. The summed E-state index contributed by atoms with van der Waals surface area (Å²) in [6, 6.07) is 0. The highest BCUT2D eigenvalue weighted by atomic mass is 16.5. The number of rotatable bonds is 2. The van der Waals surface area contributed by atoms with Gasteiger partial charge in [0, 0.05) is 37.6 Å². The van der Waals surface area contributed by atoms with Crippen LogP contribution in [0.3, 0.4) is 0 Å². The summed E-state index contributed by atoms with van der Waals surface area (Å²) in [6.07, 6.45) is 7.15. The molecule has 1 amide bonds. The van der Waals surface area contributed by atoms with Crippen LogP contribution in [0.4, 0.5) is 0 Å². The van der Waals surface area contributed by atoms with Gasteiger partial charge >= 0.3 is 0 Å². The van der Waals surface area contributed by atoms with E-state index in [1.807, 2.05) is 4.90 Å². The maximum absolute atomic E-state index is 12.7. The average Bonchev–Trinajstić information content (AvgIpc) is 2.86. The summed E-state index contributed by atoms with van der Waals surface area (Å²) in [5, 5.41) is 3.86. The van der Waals surface area contributed by atoms with Crippen LogP contribution in [0.5, 0.6) is 0 Å². The fourth-order valence-electron chi connectivity index (χ4n) is 2.87. The fourth-order valence-corrected chi connectivity index (χ4v) is 2.87. The third-order valence-electron chi connectivity index (χ3n) is 3.96. The Morgan fingerprint density at radius 3 is 2.90 bits per heavy atom. The molecule has 2 aromatic heterocycles. The summed E-state index contributed by atoms with van der Waals surface area (Å²) in [4.78, 5) is 23.0. The second kappa shape index (κ2) is 5.63. The number of hydrogen-bond acceptors (Lipinski definition) is 5. The van der Waals surface area contributed by atoms with Crippen LogP contribution >= 0.6 is 0 Å². The molecule has 110 valence electrons. The minimum atomic E-state index is -0.000148. The molecule has 0 aromatic carbocycles. The molecular formula is C15H18N4O2. The van der Waals surface area contributed by atoms with Gasteiger partial charge in [-0.05, 0) is 26.7 Å². The molecule has 0 saturated carbocycles. The third-order valence-corrected chi connectivity index (χ3v) is 3.96. The highest BCUT2D eigenvalue weighted by Crippen LogP contribution is 2.27. The van der Waals surface area contributed by atoms with Gasteiger partial charge in [0.1, 0.15) is 11.3 Å². The van der Waals surface area contributed by atoms with Crippen LogP contribution in [0, 0.1) is 13.8 Å². The van der Waals surface area contributed by atoms with Gasteiger partial charge < -0.3 is 9.42 Å². The summed E-state index contributed by atoms with van der Waals surface area (Å²) in [6.45, 7) is 5.01. The first-order valence-electron chi connectivity index (χ1n) is 7.15. The molecule has 3 heterocycles. The topological polar surface area (TPSA) is 72.1 Å². The van der Waals surface area contributed by atoms with Crippen LogP contribution in [0.15, 0.2) is 23.1 Å². The largest absolute Gasteiger partial charge is 0.361 e. The molecule has 21 heavy (non-hydrogen) atoms. The van der Waals surface area contributed by atoms with Crippen molar-refractivity contribution < 1.29 is 9.32 Å². The first-order chi connectivity index (χ1) is 10.2. The molecule has 3 rings (SSSR count). The van der Waals surface area contributed by atoms with Gasteiger partial charge in [-0.15, -0.1) is 0 Å². The molecule has 1 saturated heterocycles. The number of piperidine rings is 1. The number of likely N-dealkylation sites (tertiary alicyclic amines) is 1. The molecule has 0 radical (unpaired) electrons. The second-order valence-electron chi connectivity index (χ2n) is 5.42. The van der Waals surface area contributed by atoms with E-state index in [9.17, 15) is 4.79 Å². The van der Waals surface area contributed by atoms with E-state index < -0.39 is 0 Å². The van der Waals surface area contributed by atoms with E-state index in [1.165, 1.54) is 0 Å². The summed E-state index contributed by atoms with van der Waals surface area (Å²) in [7, 11) is 0. The molecule has 1 fully saturated rings. The van der Waals surface area contributed by atoms with Gasteiger partial charge in [-0.3, -0.25) is 14.8 Å². The minimum Gasteiger partial charge on any atom is -0.361 e. The van der Waals surface area contributed by atoms with Gasteiger partial charge in [0.25, 0.3) is 5.91 Å². The number of aryl methyl sites for hydroxylation is 2. The Morgan fingerprint density at radius 2 is 2.24 bits per heavy atom. The Bertz CT molecular complexity index is 619. The minimum absolute atomic E-state index is 0.000148. The lowest BCUT2D eigenvalue weighted by Crippen LogP contribution is -2.39. The molecule has 0 bridgehead atoms. The molecule has 1 aliphatic rings. The lowest BCUT2D eigenvalue weighted by Gasteiger charge is -2.32. The standard InChI is InChI=1S/C15H18N4O2/c1-10-14(11(2)21-18-10)15(20)19-7-3-4-12(9-19)13-8-16-5-6-17-13/h5-6,8,12H,3-4,7,9H2,1-2H3/t12-/m0/s1. The van der Waals surface area contributed by atoms with Crippen molar-refractivity contribution in [2.45, 2.75) is 32.6 Å². The maximum atomic E-state index is 12.7. The Hall–Kier alpha value is -2.24. The normalized spacial score (nSPS) is 18.8. The number of amides is 1. The zero-order valence-electron chi connectivity index (χ0n) is 12.2. The van der Waals surface area contributed by atoms with Crippen molar-refractivity contribution in [2.75, 3.05) is 13.1 Å². The molecule has 6 nitrogen and oxygen atoms in total. The average molecular weight is 286 g/mol. The first kappa shape index (κ1) is 13.7. The molecule has 0 aliphatic carbocycles. The summed E-state index contributed by atoms with van der Waals surface area (Å²) in [5.74, 6) is 0.829. The van der Waals surface area contributed by atoms with E-state index in [0.717, 1.165) is 25.1 Å². The molecule has 2 aromatic rings. The van der Waals surface area contributed by atoms with Gasteiger partial charge in [-0.1, -0.05) is 5.16 Å². The van der Waals surface area contributed by atoms with E-state index in [4.69, 9.17) is 4.52 Å². The smallest absolute Gasteiger partial charge is 0.259 e. The van der Waals surface area contributed by atoms with Crippen LogP contribution in [0.25, 0.3) is 0 Å². The highest BCUT2D eigenvalue weighted by Gasteiger charge is 2.29. The van der Waals surface area contributed by atoms with Crippen molar-refractivity contribution in [3.05, 3.63) is 41.3 Å². The predicted molar refractivity (Wildman–Crippen MR) is 75.9 cm³/mol. The van der Waals surface area contributed by atoms with E-state index in [1.54, 1.807) is 32.4 Å². The van der Waals surface area contributed by atoms with Crippen LogP contribution in [-0.2, 0) is 0 Å². The number of carbonyl (C=O) groups excluding carboxylic acids is 1. The van der Waals surface area contributed by atoms with E-state index >= 15 is 0 Å². The van der Waals surface area contributed by atoms with Crippen molar-refractivity contribution in [1.82, 2.24) is 20.0 Å². The van der Waals surface area contributed by atoms with Crippen molar-refractivity contribution in [3.63, 3.8) is 0 Å². The van der Waals surface area contributed by atoms with Gasteiger partial charge in [0.05, 0.1) is 11.4 Å². The number of aromatic nitrogens is 3. The van der Waals surface area contributed by atoms with E-state index in [0.29, 0.717) is 23.6 Å². The zero-order valence-corrected chi connectivity index (χ0v) is 12.2. The SMILES string of the molecule is Cc1noc(C)c1C(=O)N1CCC[C@H](c2cnccn2)C1. The van der Waals surface area contributed by atoms with Gasteiger partial charge in [0.15, 0.2) is 0 Å². The zero-order chi connectivity index (χ0) is 14.8. The predicted octanol–water partition coefficient (Wildman–Crippen LogP) is 2.10. The molecular weight excluding hydrogens is 268 g/mol. The van der Waals surface area contributed by atoms with Crippen molar-refractivity contribution >= 4 is 5.91 Å². The molecule has 1 aliphatic heterocycles. The van der Waals surface area contributed by atoms with Crippen LogP contribution in [0.2, 0.25) is 0 Å². The molecule has 1 atom stereocenters. The van der Waals surface area contributed by atoms with Gasteiger partial charge in [0.2, 0.25) is 0 Å². The maximum Gasteiger partial charge on any atom is 0.259 e. The highest BCUT2D eigenvalue weighted by molar-refractivity contribution is 5.96. The summed E-state index contributed by atoms with van der Waals surface area (Å²) in [5.41, 5.74) is 2.20. The van der Waals surface area contributed by atoms with Gasteiger partial charge in [-0.2, -0.15) is 0 Å². The lowest BCUT2D eigenvalue weighted by atomic mass is 9.94. The Kier molecular flexibility index (Phi) is 3.68. The molecule has 0 spiro atoms. The summed E-state index contributed by atoms with van der Waals surface area (Å²) < 4.78 is 5.10. The van der Waals surface area contributed by atoms with E-state index in [2.05, 4.69) is 15.1 Å². The number of nitrogens with zero attached hydrogens (tertiary/aromatic N) is 4. The Morgan fingerprint density at radius 1 is 1.38 bits per heavy atom. The van der Waals surface area contributed by atoms with Crippen molar-refractivity contribution in [3.8, 4) is 0 Å². The third kappa shape index (κ3) is 2.66. The molecule has 6 heteroatoms. The number of hydrogen-bond donors (Lipinski definition) is 0. The quantitative estimate of drug-likeness (QED) is 0.845. The van der Waals surface area contributed by atoms with Gasteiger partial charge in [-0.25, -0.2) is 0 Å². The molecule has 0 unspecified atom stereocenters. The second-order valence-corrected chi connectivity index (χ2v) is 5.42. The van der Waals surface area contributed by atoms with E-state index in [-0.39, 0.29) is 11.8 Å². The van der Waals surface area contributed by atoms with Crippen molar-refractivity contribution in [2.24, 2.45) is 0 Å². The monoisotopic (exact) mass is 286 g/mol. The lowest BCUT2D eigenvalue weighted by molar-refractivity contribution is 0.0703. The summed E-state index contributed by atoms with van der Waals surface area (Å²) >= 11 is 0. The number of carbonyl (C=O) groups is 1. The van der Waals surface area contributed by atoms with Crippen LogP contribution in [-0.4, -0.2) is 39.0 Å². The van der Waals surface area contributed by atoms with Crippen LogP contribution < -0.4 is 0 Å². The first-order valence-corrected chi connectivity index (χ1v) is 7.15. The Labute approximate surface area is 123 Å². The fraction of sp³-hybridized carbons (Fsp3) is 0.467. The van der Waals surface area contributed by atoms with Crippen LogP contribution in [0.1, 0.15) is 46.3 Å². The van der Waals surface area contributed by atoms with Crippen molar-refractivity contribution in [1.29, 1.82) is 0 Å².